The van der Waals surface area contributed by atoms with Crippen molar-refractivity contribution in [1.29, 1.82) is 0 Å². The smallest absolute Gasteiger partial charge is 0.221 e. The molecule has 3 N–H and O–H groups in total. The Balaban J connectivity index is 1.97. The van der Waals surface area contributed by atoms with Gasteiger partial charge in [0.1, 0.15) is 5.01 Å². The summed E-state index contributed by atoms with van der Waals surface area (Å²) in [5.74, 6) is 0.324. The van der Waals surface area contributed by atoms with Gasteiger partial charge in [-0.05, 0) is 40.0 Å². The molecule has 0 saturated carbocycles. The van der Waals surface area contributed by atoms with Crippen LogP contribution in [0.2, 0.25) is 0 Å². The molecule has 0 radical (unpaired) electrons. The van der Waals surface area contributed by atoms with Crippen molar-refractivity contribution >= 4 is 17.2 Å². The van der Waals surface area contributed by atoms with E-state index in [4.69, 9.17) is 5.73 Å². The molecule has 0 unspecified atom stereocenters. The summed E-state index contributed by atoms with van der Waals surface area (Å²) in [5, 5.41) is 4.05. The van der Waals surface area contributed by atoms with Gasteiger partial charge in [0.05, 0.1) is 11.2 Å². The third kappa shape index (κ3) is 3.46. The Kier molecular flexibility index (Phi) is 4.30. The van der Waals surface area contributed by atoms with E-state index in [2.05, 4.69) is 23.3 Å². The maximum absolute atomic E-state index is 12.2. The van der Waals surface area contributed by atoms with Gasteiger partial charge in [-0.15, -0.1) is 11.3 Å². The molecule has 0 aliphatic heterocycles. The van der Waals surface area contributed by atoms with Gasteiger partial charge in [0.2, 0.25) is 5.91 Å². The zero-order valence-corrected chi connectivity index (χ0v) is 13.4. The van der Waals surface area contributed by atoms with Crippen LogP contribution in [0.25, 0.3) is 0 Å². The molecule has 1 aliphatic rings. The summed E-state index contributed by atoms with van der Waals surface area (Å²) in [6.45, 7) is 8.05. The first kappa shape index (κ1) is 15.2. The van der Waals surface area contributed by atoms with Crippen molar-refractivity contribution in [3.63, 3.8) is 0 Å². The number of nitrogens with one attached hydrogen (secondary N) is 1. The summed E-state index contributed by atoms with van der Waals surface area (Å²) in [5.41, 5.74) is 6.43. The monoisotopic (exact) mass is 293 g/mol. The normalized spacial score (nSPS) is 22.2. The van der Waals surface area contributed by atoms with E-state index in [0.717, 1.165) is 17.1 Å². The van der Waals surface area contributed by atoms with Gasteiger partial charge in [0, 0.05) is 17.3 Å². The number of hydrogen-bond donors (Lipinski definition) is 2. The van der Waals surface area contributed by atoms with Gasteiger partial charge in [0.25, 0.3) is 0 Å². The van der Waals surface area contributed by atoms with E-state index >= 15 is 0 Å². The minimum absolute atomic E-state index is 0.0595. The van der Waals surface area contributed by atoms with Gasteiger partial charge in [-0.2, -0.15) is 0 Å². The molecule has 1 aromatic heterocycles. The molecule has 5 heteroatoms. The first-order valence-electron chi connectivity index (χ1n) is 6.97. The van der Waals surface area contributed by atoms with Crippen molar-refractivity contribution in [3.8, 4) is 0 Å². The topological polar surface area (TPSA) is 68.0 Å². The highest BCUT2D eigenvalue weighted by Gasteiger charge is 2.28. The molecular weight excluding hydrogens is 270 g/mol. The van der Waals surface area contributed by atoms with E-state index in [1.54, 1.807) is 11.3 Å². The number of amides is 1. The molecule has 20 heavy (non-hydrogen) atoms. The molecule has 1 aliphatic carbocycles. The lowest BCUT2D eigenvalue weighted by Crippen LogP contribution is -2.41. The van der Waals surface area contributed by atoms with Gasteiger partial charge < -0.3 is 11.1 Å². The predicted molar refractivity (Wildman–Crippen MR) is 82.6 cm³/mol. The van der Waals surface area contributed by atoms with Crippen molar-refractivity contribution in [1.82, 2.24) is 10.3 Å². The quantitative estimate of drug-likeness (QED) is 0.838. The summed E-state index contributed by atoms with van der Waals surface area (Å²) in [7, 11) is 0. The molecule has 4 nitrogen and oxygen atoms in total. The summed E-state index contributed by atoms with van der Waals surface area (Å²) in [6.07, 6.45) is 5.39. The van der Waals surface area contributed by atoms with Crippen molar-refractivity contribution < 1.29 is 4.79 Å². The number of hydrogen-bond acceptors (Lipinski definition) is 4. The maximum Gasteiger partial charge on any atom is 0.221 e. The fourth-order valence-corrected chi connectivity index (χ4v) is 3.36. The Morgan fingerprint density at radius 1 is 1.50 bits per heavy atom. The SMILES string of the molecule is Cc1nc(C(C)(C)NC(=O)C[C@H]2C=C[C@@H](N)C2)sc1C. The number of aryl methyl sites for hydroxylation is 2. The highest BCUT2D eigenvalue weighted by atomic mass is 32.1. The number of carbonyl (C=O) groups excluding carboxylic acids is 1. The average Bonchev–Trinajstić information content (AvgIpc) is 2.86. The Labute approximate surface area is 124 Å². The second kappa shape index (κ2) is 5.66. The number of thiazole rings is 1. The van der Waals surface area contributed by atoms with E-state index in [-0.39, 0.29) is 17.9 Å². The van der Waals surface area contributed by atoms with E-state index in [1.807, 2.05) is 26.8 Å². The molecule has 2 rings (SSSR count). The Hall–Kier alpha value is -1.20. The van der Waals surface area contributed by atoms with Crippen LogP contribution in [0.15, 0.2) is 12.2 Å². The third-order valence-corrected chi connectivity index (χ3v) is 5.06. The largest absolute Gasteiger partial charge is 0.345 e. The number of aromatic nitrogens is 1. The first-order chi connectivity index (χ1) is 9.28. The lowest BCUT2D eigenvalue weighted by atomic mass is 10.0. The van der Waals surface area contributed by atoms with Crippen LogP contribution in [0, 0.1) is 19.8 Å². The summed E-state index contributed by atoms with van der Waals surface area (Å²) in [4.78, 5) is 17.9. The molecule has 0 aromatic carbocycles. The van der Waals surface area contributed by atoms with E-state index < -0.39 is 5.54 Å². The average molecular weight is 293 g/mol. The predicted octanol–water partition coefficient (Wildman–Crippen LogP) is 2.40. The van der Waals surface area contributed by atoms with Crippen LogP contribution < -0.4 is 11.1 Å². The van der Waals surface area contributed by atoms with E-state index in [0.29, 0.717) is 6.42 Å². The highest BCUT2D eigenvalue weighted by molar-refractivity contribution is 7.11. The molecule has 0 bridgehead atoms. The number of nitrogens with zero attached hydrogens (tertiary/aromatic N) is 1. The van der Waals surface area contributed by atoms with Crippen LogP contribution >= 0.6 is 11.3 Å². The lowest BCUT2D eigenvalue weighted by molar-refractivity contribution is -0.123. The van der Waals surface area contributed by atoms with Crippen molar-refractivity contribution in [2.75, 3.05) is 0 Å². The molecular formula is C15H23N3OS. The molecule has 1 heterocycles. The first-order valence-corrected chi connectivity index (χ1v) is 7.79. The van der Waals surface area contributed by atoms with Crippen LogP contribution in [0.1, 0.15) is 42.3 Å². The Morgan fingerprint density at radius 2 is 2.20 bits per heavy atom. The molecule has 1 amide bonds. The van der Waals surface area contributed by atoms with E-state index in [9.17, 15) is 4.79 Å². The highest BCUT2D eigenvalue weighted by Crippen LogP contribution is 2.28. The van der Waals surface area contributed by atoms with Gasteiger partial charge in [-0.25, -0.2) is 4.98 Å². The van der Waals surface area contributed by atoms with Gasteiger partial charge in [-0.1, -0.05) is 12.2 Å². The maximum atomic E-state index is 12.2. The van der Waals surface area contributed by atoms with E-state index in [1.165, 1.54) is 4.88 Å². The number of carbonyl (C=O) groups is 1. The van der Waals surface area contributed by atoms with Crippen molar-refractivity contribution in [2.45, 2.75) is 52.1 Å². The number of allylic oxidation sites excluding steroid dienone is 1. The fourth-order valence-electron chi connectivity index (χ4n) is 2.39. The van der Waals surface area contributed by atoms with Gasteiger partial charge in [0.15, 0.2) is 0 Å². The summed E-state index contributed by atoms with van der Waals surface area (Å²) >= 11 is 1.65. The Bertz CT molecular complexity index is 514. The summed E-state index contributed by atoms with van der Waals surface area (Å²) in [6, 6.07) is 0.102. The standard InChI is InChI=1S/C15H23N3OS/c1-9-10(2)20-14(17-9)15(3,4)18-13(19)8-11-5-6-12(16)7-11/h5-6,11-12H,7-8,16H2,1-4H3,(H,18,19)/t11-,12+/m0/s1. The second-order valence-corrected chi connectivity index (χ2v) is 7.29. The van der Waals surface area contributed by atoms with Crippen LogP contribution in [-0.2, 0) is 10.3 Å². The number of rotatable bonds is 4. The summed E-state index contributed by atoms with van der Waals surface area (Å²) < 4.78 is 0. The minimum atomic E-state index is -0.425. The Morgan fingerprint density at radius 3 is 2.70 bits per heavy atom. The fraction of sp³-hybridized carbons (Fsp3) is 0.600. The minimum Gasteiger partial charge on any atom is -0.345 e. The molecule has 0 spiro atoms. The molecule has 2 atom stereocenters. The lowest BCUT2D eigenvalue weighted by Gasteiger charge is -2.24. The zero-order chi connectivity index (χ0) is 14.9. The molecule has 0 fully saturated rings. The van der Waals surface area contributed by atoms with Crippen LogP contribution in [0.4, 0.5) is 0 Å². The van der Waals surface area contributed by atoms with Gasteiger partial charge in [-0.3, -0.25) is 4.79 Å². The second-order valence-electron chi connectivity index (χ2n) is 6.08. The van der Waals surface area contributed by atoms with Crippen molar-refractivity contribution in [3.05, 3.63) is 27.7 Å². The molecule has 1 aromatic rings. The molecule has 110 valence electrons. The van der Waals surface area contributed by atoms with Crippen LogP contribution in [-0.4, -0.2) is 16.9 Å². The van der Waals surface area contributed by atoms with Crippen LogP contribution in [0.3, 0.4) is 0 Å². The number of nitrogens with two attached hydrogens (primary N) is 1. The van der Waals surface area contributed by atoms with Crippen molar-refractivity contribution in [2.24, 2.45) is 11.7 Å². The van der Waals surface area contributed by atoms with Crippen LogP contribution in [0.5, 0.6) is 0 Å². The van der Waals surface area contributed by atoms with Gasteiger partial charge >= 0.3 is 0 Å². The zero-order valence-electron chi connectivity index (χ0n) is 12.6. The third-order valence-electron chi connectivity index (χ3n) is 3.67. The molecule has 0 saturated heterocycles.